The fraction of sp³-hybridized carbons (Fsp3) is 0.900. The van der Waals surface area contributed by atoms with Crippen molar-refractivity contribution in [2.45, 2.75) is 38.2 Å². The van der Waals surface area contributed by atoms with Crippen LogP contribution < -0.4 is 11.1 Å². The molecule has 14 heavy (non-hydrogen) atoms. The van der Waals surface area contributed by atoms with E-state index in [0.29, 0.717) is 12.5 Å². The average Bonchev–Trinajstić information content (AvgIpc) is 2.18. The molecule has 1 aliphatic rings. The molecule has 4 heteroatoms. The quantitative estimate of drug-likeness (QED) is 0.610. The van der Waals surface area contributed by atoms with E-state index >= 15 is 0 Å². The molecule has 1 saturated heterocycles. The van der Waals surface area contributed by atoms with Crippen molar-refractivity contribution in [2.24, 2.45) is 5.73 Å². The van der Waals surface area contributed by atoms with Gasteiger partial charge in [-0.25, -0.2) is 0 Å². The molecule has 4 nitrogen and oxygen atoms in total. The van der Waals surface area contributed by atoms with Crippen molar-refractivity contribution in [3.05, 3.63) is 0 Å². The molecular formula is C10H20N2O2. The summed E-state index contributed by atoms with van der Waals surface area (Å²) < 4.78 is 5.55. The van der Waals surface area contributed by atoms with Crippen molar-refractivity contribution in [3.8, 4) is 0 Å². The normalized spacial score (nSPS) is 22.1. The summed E-state index contributed by atoms with van der Waals surface area (Å²) in [6.07, 6.45) is 5.28. The van der Waals surface area contributed by atoms with Crippen molar-refractivity contribution in [2.75, 3.05) is 19.7 Å². The van der Waals surface area contributed by atoms with Crippen LogP contribution in [0.25, 0.3) is 0 Å². The molecule has 1 aliphatic heterocycles. The Morgan fingerprint density at radius 3 is 3.00 bits per heavy atom. The zero-order chi connectivity index (χ0) is 10.2. The van der Waals surface area contributed by atoms with Gasteiger partial charge >= 0.3 is 0 Å². The summed E-state index contributed by atoms with van der Waals surface area (Å²) in [4.78, 5) is 10.4. The van der Waals surface area contributed by atoms with Crippen molar-refractivity contribution in [1.29, 1.82) is 0 Å². The molecular weight excluding hydrogens is 180 g/mol. The summed E-state index contributed by atoms with van der Waals surface area (Å²) >= 11 is 0. The Kier molecular flexibility index (Phi) is 5.56. The molecule has 1 fully saturated rings. The van der Waals surface area contributed by atoms with Gasteiger partial charge in [0.2, 0.25) is 5.91 Å². The molecule has 1 rings (SSSR count). The Labute approximate surface area is 85.2 Å². The first-order valence-corrected chi connectivity index (χ1v) is 5.39. The predicted octanol–water partition coefficient (Wildman–Crippen LogP) is 0.411. The van der Waals surface area contributed by atoms with Crippen LogP contribution in [0.5, 0.6) is 0 Å². The van der Waals surface area contributed by atoms with E-state index in [2.05, 4.69) is 5.32 Å². The fourth-order valence-corrected chi connectivity index (χ4v) is 1.62. The molecule has 0 aromatic heterocycles. The van der Waals surface area contributed by atoms with Crippen LogP contribution in [0.3, 0.4) is 0 Å². The molecule has 1 heterocycles. The summed E-state index contributed by atoms with van der Waals surface area (Å²) in [5, 5.41) is 3.28. The maximum atomic E-state index is 10.4. The van der Waals surface area contributed by atoms with Crippen LogP contribution >= 0.6 is 0 Å². The zero-order valence-corrected chi connectivity index (χ0v) is 8.63. The van der Waals surface area contributed by atoms with E-state index in [4.69, 9.17) is 10.5 Å². The van der Waals surface area contributed by atoms with Gasteiger partial charge in [-0.3, -0.25) is 4.79 Å². The molecule has 0 radical (unpaired) electrons. The van der Waals surface area contributed by atoms with Gasteiger partial charge in [-0.15, -0.1) is 0 Å². The second-order valence-corrected chi connectivity index (χ2v) is 3.76. The summed E-state index contributed by atoms with van der Waals surface area (Å²) in [6.45, 7) is 2.65. The van der Waals surface area contributed by atoms with E-state index in [1.54, 1.807) is 0 Å². The fourth-order valence-electron chi connectivity index (χ4n) is 1.62. The van der Waals surface area contributed by atoms with E-state index in [0.717, 1.165) is 32.5 Å². The van der Waals surface area contributed by atoms with Gasteiger partial charge in [-0.05, 0) is 32.2 Å². The van der Waals surface area contributed by atoms with Crippen LogP contribution in [0.2, 0.25) is 0 Å². The lowest BCUT2D eigenvalue weighted by molar-refractivity contribution is -0.118. The number of amides is 1. The first-order valence-electron chi connectivity index (χ1n) is 5.39. The Hall–Kier alpha value is -0.610. The number of rotatable bonds is 6. The molecule has 1 atom stereocenters. The minimum Gasteiger partial charge on any atom is -0.377 e. The summed E-state index contributed by atoms with van der Waals surface area (Å²) in [5.74, 6) is -0.222. The first kappa shape index (κ1) is 11.5. The van der Waals surface area contributed by atoms with Crippen LogP contribution in [0.15, 0.2) is 0 Å². The third kappa shape index (κ3) is 5.19. The first-order chi connectivity index (χ1) is 6.79. The number of primary amides is 1. The molecule has 0 spiro atoms. The predicted molar refractivity (Wildman–Crippen MR) is 54.9 cm³/mol. The van der Waals surface area contributed by atoms with Gasteiger partial charge in [0, 0.05) is 19.6 Å². The van der Waals surface area contributed by atoms with Crippen LogP contribution in [0.1, 0.15) is 32.1 Å². The topological polar surface area (TPSA) is 64.4 Å². The summed E-state index contributed by atoms with van der Waals surface area (Å²) in [6, 6.07) is 0. The molecule has 0 aliphatic carbocycles. The van der Waals surface area contributed by atoms with Crippen molar-refractivity contribution < 1.29 is 9.53 Å². The molecule has 1 unspecified atom stereocenters. The van der Waals surface area contributed by atoms with Crippen LogP contribution in [-0.4, -0.2) is 31.7 Å². The number of carbonyl (C=O) groups excluding carboxylic acids is 1. The minimum atomic E-state index is -0.222. The number of nitrogens with two attached hydrogens (primary N) is 1. The lowest BCUT2D eigenvalue weighted by Gasteiger charge is -2.22. The van der Waals surface area contributed by atoms with Gasteiger partial charge in [0.1, 0.15) is 0 Å². The Balaban J connectivity index is 1.90. The van der Waals surface area contributed by atoms with E-state index in [9.17, 15) is 4.79 Å². The van der Waals surface area contributed by atoms with E-state index in [1.165, 1.54) is 12.8 Å². The number of hydrogen-bond donors (Lipinski definition) is 2. The standard InChI is InChI=1S/C10H20N2O2/c11-10(13)5-3-6-12-8-9-4-1-2-7-14-9/h9,12H,1-8H2,(H2,11,13). The van der Waals surface area contributed by atoms with Gasteiger partial charge in [-0.2, -0.15) is 0 Å². The van der Waals surface area contributed by atoms with Gasteiger partial charge in [-0.1, -0.05) is 0 Å². The van der Waals surface area contributed by atoms with Gasteiger partial charge in [0.25, 0.3) is 0 Å². The van der Waals surface area contributed by atoms with Crippen LogP contribution in [-0.2, 0) is 9.53 Å². The number of nitrogens with one attached hydrogen (secondary N) is 1. The molecule has 1 amide bonds. The SMILES string of the molecule is NC(=O)CCCNCC1CCCCO1. The Bertz CT molecular complexity index is 168. The second-order valence-electron chi connectivity index (χ2n) is 3.76. The van der Waals surface area contributed by atoms with Crippen molar-refractivity contribution >= 4 is 5.91 Å². The molecule has 0 saturated carbocycles. The Morgan fingerprint density at radius 1 is 1.50 bits per heavy atom. The lowest BCUT2D eigenvalue weighted by Crippen LogP contribution is -2.32. The summed E-state index contributed by atoms with van der Waals surface area (Å²) in [5.41, 5.74) is 5.03. The highest BCUT2D eigenvalue weighted by molar-refractivity contribution is 5.73. The molecule has 82 valence electrons. The molecule has 3 N–H and O–H groups in total. The smallest absolute Gasteiger partial charge is 0.217 e. The number of carbonyl (C=O) groups is 1. The zero-order valence-electron chi connectivity index (χ0n) is 8.63. The largest absolute Gasteiger partial charge is 0.377 e. The average molecular weight is 200 g/mol. The van der Waals surface area contributed by atoms with Gasteiger partial charge in [0.15, 0.2) is 0 Å². The number of hydrogen-bond acceptors (Lipinski definition) is 3. The maximum Gasteiger partial charge on any atom is 0.217 e. The highest BCUT2D eigenvalue weighted by Gasteiger charge is 2.12. The summed E-state index contributed by atoms with van der Waals surface area (Å²) in [7, 11) is 0. The monoisotopic (exact) mass is 200 g/mol. The molecule has 0 aromatic rings. The van der Waals surface area contributed by atoms with Crippen LogP contribution in [0.4, 0.5) is 0 Å². The lowest BCUT2D eigenvalue weighted by atomic mass is 10.1. The second kappa shape index (κ2) is 6.79. The highest BCUT2D eigenvalue weighted by Crippen LogP contribution is 2.11. The number of ether oxygens (including phenoxy) is 1. The van der Waals surface area contributed by atoms with E-state index in [-0.39, 0.29) is 5.91 Å². The van der Waals surface area contributed by atoms with Crippen molar-refractivity contribution in [1.82, 2.24) is 5.32 Å². The van der Waals surface area contributed by atoms with Gasteiger partial charge < -0.3 is 15.8 Å². The molecule has 0 aromatic carbocycles. The minimum absolute atomic E-state index is 0.222. The third-order valence-corrected chi connectivity index (χ3v) is 2.42. The van der Waals surface area contributed by atoms with Crippen molar-refractivity contribution in [3.63, 3.8) is 0 Å². The highest BCUT2D eigenvalue weighted by atomic mass is 16.5. The molecule has 0 bridgehead atoms. The van der Waals surface area contributed by atoms with E-state index < -0.39 is 0 Å². The Morgan fingerprint density at radius 2 is 2.36 bits per heavy atom. The maximum absolute atomic E-state index is 10.4. The third-order valence-electron chi connectivity index (χ3n) is 2.42. The van der Waals surface area contributed by atoms with E-state index in [1.807, 2.05) is 0 Å². The van der Waals surface area contributed by atoms with Gasteiger partial charge in [0.05, 0.1) is 6.10 Å². The van der Waals surface area contributed by atoms with Crippen LogP contribution in [0, 0.1) is 0 Å².